The van der Waals surface area contributed by atoms with Gasteiger partial charge in [0.1, 0.15) is 0 Å². The minimum absolute atomic E-state index is 0.309. The maximum absolute atomic E-state index is 11.6. The lowest BCUT2D eigenvalue weighted by Crippen LogP contribution is -2.04. The zero-order chi connectivity index (χ0) is 10.4. The molecule has 0 aromatic carbocycles. The Labute approximate surface area is 86.0 Å². The summed E-state index contributed by atoms with van der Waals surface area (Å²) in [6.45, 7) is 2.12. The molecule has 15 heavy (non-hydrogen) atoms. The van der Waals surface area contributed by atoms with Crippen LogP contribution >= 0.6 is 0 Å². The summed E-state index contributed by atoms with van der Waals surface area (Å²) in [6.07, 6.45) is 4.23. The van der Waals surface area contributed by atoms with E-state index in [1.54, 1.807) is 18.5 Å². The fraction of sp³-hybridized carbons (Fsp3) is 0.364. The molecule has 0 spiro atoms. The third kappa shape index (κ3) is 1.33. The van der Waals surface area contributed by atoms with Gasteiger partial charge < -0.3 is 4.42 Å². The monoisotopic (exact) mass is 202 g/mol. The van der Waals surface area contributed by atoms with Crippen molar-refractivity contribution in [2.45, 2.75) is 19.3 Å². The van der Waals surface area contributed by atoms with E-state index in [-0.39, 0.29) is 5.63 Å². The fourth-order valence-electron chi connectivity index (χ4n) is 1.76. The first-order chi connectivity index (χ1) is 7.25. The van der Waals surface area contributed by atoms with Crippen molar-refractivity contribution in [1.82, 2.24) is 9.97 Å². The molecule has 1 saturated carbocycles. The van der Waals surface area contributed by atoms with E-state index < -0.39 is 0 Å². The van der Waals surface area contributed by atoms with Gasteiger partial charge in [0, 0.05) is 12.1 Å². The summed E-state index contributed by atoms with van der Waals surface area (Å²) in [6, 6.07) is 1.63. The molecule has 2 atom stereocenters. The average Bonchev–Trinajstić information content (AvgIpc) is 2.96. The highest BCUT2D eigenvalue weighted by Crippen LogP contribution is 2.45. The standard InChI is InChI=1S/C11H10N2O2/c1-6-4-8(6)10-13-9-5-12-3-2-7(9)11(14)15-10/h2-3,5-6,8H,4H2,1H3. The molecule has 0 N–H and O–H groups in total. The maximum atomic E-state index is 11.6. The molecule has 2 aromatic heterocycles. The molecular weight excluding hydrogens is 192 g/mol. The van der Waals surface area contributed by atoms with Crippen molar-refractivity contribution in [3.63, 3.8) is 0 Å². The molecule has 0 bridgehead atoms. The van der Waals surface area contributed by atoms with Gasteiger partial charge in [-0.3, -0.25) is 4.98 Å². The van der Waals surface area contributed by atoms with Gasteiger partial charge in [-0.25, -0.2) is 9.78 Å². The summed E-state index contributed by atoms with van der Waals surface area (Å²) in [5.41, 5.74) is 0.319. The van der Waals surface area contributed by atoms with Crippen LogP contribution in [0.2, 0.25) is 0 Å². The lowest BCUT2D eigenvalue weighted by Gasteiger charge is -1.98. The Kier molecular flexibility index (Phi) is 1.65. The van der Waals surface area contributed by atoms with Crippen LogP contribution in [0, 0.1) is 5.92 Å². The zero-order valence-electron chi connectivity index (χ0n) is 8.30. The predicted octanol–water partition coefficient (Wildman–Crippen LogP) is 1.71. The first-order valence-electron chi connectivity index (χ1n) is 5.00. The molecule has 1 fully saturated rings. The summed E-state index contributed by atoms with van der Waals surface area (Å²) in [4.78, 5) is 19.9. The highest BCUT2D eigenvalue weighted by Gasteiger charge is 2.38. The van der Waals surface area contributed by atoms with Crippen LogP contribution in [0.1, 0.15) is 25.2 Å². The minimum atomic E-state index is -0.309. The molecule has 2 unspecified atom stereocenters. The highest BCUT2D eigenvalue weighted by atomic mass is 16.4. The number of hydrogen-bond acceptors (Lipinski definition) is 4. The van der Waals surface area contributed by atoms with Crippen molar-refractivity contribution in [3.05, 3.63) is 34.8 Å². The first kappa shape index (κ1) is 8.59. The van der Waals surface area contributed by atoms with E-state index in [0.29, 0.717) is 28.6 Å². The van der Waals surface area contributed by atoms with Gasteiger partial charge >= 0.3 is 5.63 Å². The predicted molar refractivity (Wildman–Crippen MR) is 54.6 cm³/mol. The second-order valence-corrected chi connectivity index (χ2v) is 4.05. The summed E-state index contributed by atoms with van der Waals surface area (Å²) < 4.78 is 5.19. The van der Waals surface area contributed by atoms with E-state index >= 15 is 0 Å². The quantitative estimate of drug-likeness (QED) is 0.706. The van der Waals surface area contributed by atoms with Gasteiger partial charge in [0.25, 0.3) is 0 Å². The average molecular weight is 202 g/mol. The number of aromatic nitrogens is 2. The molecule has 76 valence electrons. The van der Waals surface area contributed by atoms with Crippen LogP contribution in [0.15, 0.2) is 27.7 Å². The number of hydrogen-bond donors (Lipinski definition) is 0. The minimum Gasteiger partial charge on any atom is -0.408 e. The Morgan fingerprint density at radius 3 is 3.07 bits per heavy atom. The molecule has 0 aliphatic heterocycles. The van der Waals surface area contributed by atoms with Crippen molar-refractivity contribution >= 4 is 10.9 Å². The van der Waals surface area contributed by atoms with E-state index in [9.17, 15) is 4.79 Å². The van der Waals surface area contributed by atoms with Crippen molar-refractivity contribution in [2.24, 2.45) is 5.92 Å². The largest absolute Gasteiger partial charge is 0.408 e. The summed E-state index contributed by atoms with van der Waals surface area (Å²) in [7, 11) is 0. The normalized spacial score (nSPS) is 24.3. The number of pyridine rings is 1. The van der Waals surface area contributed by atoms with Crippen molar-refractivity contribution in [3.8, 4) is 0 Å². The first-order valence-corrected chi connectivity index (χ1v) is 5.00. The van der Waals surface area contributed by atoms with E-state index in [0.717, 1.165) is 6.42 Å². The molecule has 2 aromatic rings. The fourth-order valence-corrected chi connectivity index (χ4v) is 1.76. The van der Waals surface area contributed by atoms with Crippen LogP contribution in [-0.2, 0) is 0 Å². The van der Waals surface area contributed by atoms with Gasteiger partial charge in [-0.15, -0.1) is 0 Å². The van der Waals surface area contributed by atoms with Crippen molar-refractivity contribution in [2.75, 3.05) is 0 Å². The molecular formula is C11H10N2O2. The molecule has 0 radical (unpaired) electrons. The van der Waals surface area contributed by atoms with Gasteiger partial charge in [0.2, 0.25) is 5.89 Å². The van der Waals surface area contributed by atoms with Gasteiger partial charge in [-0.05, 0) is 18.4 Å². The second kappa shape index (κ2) is 2.89. The van der Waals surface area contributed by atoms with E-state index in [2.05, 4.69) is 16.9 Å². The molecule has 3 rings (SSSR count). The number of fused-ring (bicyclic) bond motifs is 1. The third-order valence-electron chi connectivity index (χ3n) is 2.87. The molecule has 1 aliphatic carbocycles. The SMILES string of the molecule is CC1CC1c1nc2cnccc2c(=O)o1. The zero-order valence-corrected chi connectivity index (χ0v) is 8.30. The van der Waals surface area contributed by atoms with Crippen LogP contribution in [0.3, 0.4) is 0 Å². The maximum Gasteiger partial charge on any atom is 0.346 e. The summed E-state index contributed by atoms with van der Waals surface area (Å²) in [5, 5.41) is 0.502. The van der Waals surface area contributed by atoms with Crippen LogP contribution in [-0.4, -0.2) is 9.97 Å². The lowest BCUT2D eigenvalue weighted by molar-refractivity contribution is 0.441. The lowest BCUT2D eigenvalue weighted by atomic mass is 10.3. The highest BCUT2D eigenvalue weighted by molar-refractivity contribution is 5.75. The molecule has 1 aliphatic rings. The van der Waals surface area contributed by atoms with E-state index in [1.165, 1.54) is 0 Å². The second-order valence-electron chi connectivity index (χ2n) is 4.05. The van der Waals surface area contributed by atoms with Crippen molar-refractivity contribution in [1.29, 1.82) is 0 Å². The Morgan fingerprint density at radius 1 is 1.53 bits per heavy atom. The summed E-state index contributed by atoms with van der Waals surface area (Å²) >= 11 is 0. The molecule has 0 saturated heterocycles. The smallest absolute Gasteiger partial charge is 0.346 e. The Balaban J connectivity index is 2.23. The van der Waals surface area contributed by atoms with E-state index in [4.69, 9.17) is 4.42 Å². The van der Waals surface area contributed by atoms with Crippen LogP contribution < -0.4 is 5.63 Å². The Hall–Kier alpha value is -1.71. The molecule has 4 heteroatoms. The van der Waals surface area contributed by atoms with Crippen LogP contribution in [0.4, 0.5) is 0 Å². The van der Waals surface area contributed by atoms with E-state index in [1.807, 2.05) is 0 Å². The van der Waals surface area contributed by atoms with Crippen molar-refractivity contribution < 1.29 is 4.42 Å². The van der Waals surface area contributed by atoms with Gasteiger partial charge in [0.05, 0.1) is 17.1 Å². The Morgan fingerprint density at radius 2 is 2.33 bits per heavy atom. The van der Waals surface area contributed by atoms with Gasteiger partial charge in [-0.2, -0.15) is 0 Å². The summed E-state index contributed by atoms with van der Waals surface area (Å²) in [5.74, 6) is 1.46. The number of nitrogens with zero attached hydrogens (tertiary/aromatic N) is 2. The van der Waals surface area contributed by atoms with Crippen LogP contribution in [0.5, 0.6) is 0 Å². The van der Waals surface area contributed by atoms with Gasteiger partial charge in [-0.1, -0.05) is 6.92 Å². The number of rotatable bonds is 1. The molecule has 2 heterocycles. The van der Waals surface area contributed by atoms with Gasteiger partial charge in [0.15, 0.2) is 0 Å². The molecule has 0 amide bonds. The Bertz CT molecular complexity index is 576. The topological polar surface area (TPSA) is 56.0 Å². The van der Waals surface area contributed by atoms with Crippen LogP contribution in [0.25, 0.3) is 10.9 Å². The molecule has 4 nitrogen and oxygen atoms in total. The third-order valence-corrected chi connectivity index (χ3v) is 2.87.